The predicted molar refractivity (Wildman–Crippen MR) is 57.0 cm³/mol. The molecule has 1 aliphatic rings. The highest BCUT2D eigenvalue weighted by Crippen LogP contribution is 2.30. The Balaban J connectivity index is 2.08. The van der Waals surface area contributed by atoms with Gasteiger partial charge in [-0.05, 0) is 37.5 Å². The number of pyridine rings is 1. The summed E-state index contributed by atoms with van der Waals surface area (Å²) >= 11 is 0. The zero-order valence-electron chi connectivity index (χ0n) is 8.35. The zero-order chi connectivity index (χ0) is 9.97. The highest BCUT2D eigenvalue weighted by molar-refractivity contribution is 5.85. The average molecular weight is 189 g/mol. The van der Waals surface area contributed by atoms with E-state index in [9.17, 15) is 0 Å². The van der Waals surface area contributed by atoms with E-state index in [0.717, 1.165) is 5.84 Å². The number of aromatic nitrogens is 1. The molecular weight excluding hydrogens is 174 g/mol. The van der Waals surface area contributed by atoms with Crippen LogP contribution in [-0.2, 0) is 0 Å². The molecule has 1 aromatic rings. The van der Waals surface area contributed by atoms with Gasteiger partial charge in [0.15, 0.2) is 0 Å². The molecule has 2 N–H and O–H groups in total. The minimum absolute atomic E-state index is 0.151. The Bertz CT molecular complexity index is 328. The van der Waals surface area contributed by atoms with Gasteiger partial charge in [0.1, 0.15) is 0 Å². The summed E-state index contributed by atoms with van der Waals surface area (Å²) in [6.07, 6.45) is 5.99. The second-order valence-corrected chi connectivity index (χ2v) is 3.78. The Morgan fingerprint density at radius 1 is 1.50 bits per heavy atom. The number of aliphatic imine (C=N–C) groups is 1. The molecule has 0 saturated heterocycles. The molecule has 0 spiro atoms. The van der Waals surface area contributed by atoms with Gasteiger partial charge in [0.25, 0.3) is 0 Å². The summed E-state index contributed by atoms with van der Waals surface area (Å²) in [5.41, 5.74) is 7.02. The van der Waals surface area contributed by atoms with Gasteiger partial charge < -0.3 is 5.73 Å². The summed E-state index contributed by atoms with van der Waals surface area (Å²) in [6.45, 7) is 2.06. The van der Waals surface area contributed by atoms with Crippen LogP contribution in [0, 0.1) is 5.92 Å². The van der Waals surface area contributed by atoms with Crippen molar-refractivity contribution in [2.75, 3.05) is 0 Å². The van der Waals surface area contributed by atoms with Crippen LogP contribution in [0.3, 0.4) is 0 Å². The van der Waals surface area contributed by atoms with Gasteiger partial charge in [-0.15, -0.1) is 0 Å². The summed E-state index contributed by atoms with van der Waals surface area (Å²) in [7, 11) is 0. The van der Waals surface area contributed by atoms with Crippen LogP contribution in [0.4, 0.5) is 0 Å². The lowest BCUT2D eigenvalue weighted by atomic mass is 10.1. The maximum absolute atomic E-state index is 5.85. The van der Waals surface area contributed by atoms with Crippen molar-refractivity contribution in [2.45, 2.75) is 25.8 Å². The zero-order valence-corrected chi connectivity index (χ0v) is 8.35. The Kier molecular flexibility index (Phi) is 2.48. The predicted octanol–water partition coefficient (Wildman–Crippen LogP) is 1.91. The molecule has 1 heterocycles. The molecule has 0 amide bonds. The molecule has 1 saturated carbocycles. The fourth-order valence-corrected chi connectivity index (χ4v) is 1.42. The van der Waals surface area contributed by atoms with Crippen LogP contribution >= 0.6 is 0 Å². The Hall–Kier alpha value is -1.38. The van der Waals surface area contributed by atoms with Crippen LogP contribution < -0.4 is 5.73 Å². The van der Waals surface area contributed by atoms with Gasteiger partial charge in [-0.1, -0.05) is 0 Å². The standard InChI is InChI=1S/C11H15N3/c1-8(9-4-6-13-7-5-9)14-11(12)10-2-3-10/h4-8,10H,2-3H2,1H3,(H2,12,14). The highest BCUT2D eigenvalue weighted by Gasteiger charge is 2.25. The summed E-state index contributed by atoms with van der Waals surface area (Å²) < 4.78 is 0. The molecule has 1 fully saturated rings. The molecule has 1 aliphatic carbocycles. The number of hydrogen-bond donors (Lipinski definition) is 1. The molecule has 74 valence electrons. The van der Waals surface area contributed by atoms with E-state index in [-0.39, 0.29) is 6.04 Å². The van der Waals surface area contributed by atoms with E-state index in [1.807, 2.05) is 12.1 Å². The number of hydrogen-bond acceptors (Lipinski definition) is 2. The van der Waals surface area contributed by atoms with Crippen molar-refractivity contribution < 1.29 is 0 Å². The van der Waals surface area contributed by atoms with Gasteiger partial charge in [0, 0.05) is 18.3 Å². The molecular formula is C11H15N3. The summed E-state index contributed by atoms with van der Waals surface area (Å²) in [5, 5.41) is 0. The van der Waals surface area contributed by atoms with E-state index in [0.29, 0.717) is 5.92 Å². The van der Waals surface area contributed by atoms with Crippen molar-refractivity contribution in [2.24, 2.45) is 16.6 Å². The van der Waals surface area contributed by atoms with E-state index in [2.05, 4.69) is 16.9 Å². The van der Waals surface area contributed by atoms with E-state index >= 15 is 0 Å². The van der Waals surface area contributed by atoms with E-state index in [1.165, 1.54) is 18.4 Å². The average Bonchev–Trinajstić information content (AvgIpc) is 3.02. The molecule has 14 heavy (non-hydrogen) atoms. The normalized spacial score (nSPS) is 19.4. The second-order valence-electron chi connectivity index (χ2n) is 3.78. The van der Waals surface area contributed by atoms with Crippen LogP contribution in [0.1, 0.15) is 31.4 Å². The number of nitrogens with zero attached hydrogens (tertiary/aromatic N) is 2. The van der Waals surface area contributed by atoms with Crippen LogP contribution in [0.5, 0.6) is 0 Å². The first-order chi connectivity index (χ1) is 6.77. The van der Waals surface area contributed by atoms with Crippen molar-refractivity contribution in [3.8, 4) is 0 Å². The fourth-order valence-electron chi connectivity index (χ4n) is 1.42. The maximum atomic E-state index is 5.85. The van der Waals surface area contributed by atoms with Crippen molar-refractivity contribution in [3.05, 3.63) is 30.1 Å². The second kappa shape index (κ2) is 3.78. The first-order valence-electron chi connectivity index (χ1n) is 5.00. The van der Waals surface area contributed by atoms with Gasteiger partial charge in [0.2, 0.25) is 0 Å². The third-order valence-electron chi connectivity index (χ3n) is 2.53. The van der Waals surface area contributed by atoms with E-state index in [1.54, 1.807) is 12.4 Å². The molecule has 0 radical (unpaired) electrons. The fraction of sp³-hybridized carbons (Fsp3) is 0.455. The van der Waals surface area contributed by atoms with Gasteiger partial charge >= 0.3 is 0 Å². The largest absolute Gasteiger partial charge is 0.387 e. The van der Waals surface area contributed by atoms with Crippen LogP contribution in [0.25, 0.3) is 0 Å². The Morgan fingerprint density at radius 2 is 2.14 bits per heavy atom. The molecule has 2 rings (SSSR count). The van der Waals surface area contributed by atoms with Crippen molar-refractivity contribution in [1.29, 1.82) is 0 Å². The summed E-state index contributed by atoms with van der Waals surface area (Å²) in [6, 6.07) is 4.11. The molecule has 3 nitrogen and oxygen atoms in total. The van der Waals surface area contributed by atoms with E-state index < -0.39 is 0 Å². The number of amidine groups is 1. The SMILES string of the molecule is CC(N=C(N)C1CC1)c1ccncc1. The minimum atomic E-state index is 0.151. The highest BCUT2D eigenvalue weighted by atomic mass is 14.9. The van der Waals surface area contributed by atoms with Gasteiger partial charge in [-0.25, -0.2) is 0 Å². The van der Waals surface area contributed by atoms with Crippen molar-refractivity contribution in [3.63, 3.8) is 0 Å². The van der Waals surface area contributed by atoms with Gasteiger partial charge in [0.05, 0.1) is 11.9 Å². The molecule has 3 heteroatoms. The first-order valence-corrected chi connectivity index (χ1v) is 5.00. The third-order valence-corrected chi connectivity index (χ3v) is 2.53. The Labute approximate surface area is 84.1 Å². The van der Waals surface area contributed by atoms with Crippen molar-refractivity contribution in [1.82, 2.24) is 4.98 Å². The van der Waals surface area contributed by atoms with Gasteiger partial charge in [-0.2, -0.15) is 0 Å². The number of rotatable bonds is 3. The molecule has 1 unspecified atom stereocenters. The lowest BCUT2D eigenvalue weighted by Gasteiger charge is -2.07. The monoisotopic (exact) mass is 189 g/mol. The summed E-state index contributed by atoms with van der Waals surface area (Å²) in [4.78, 5) is 8.45. The Morgan fingerprint density at radius 3 is 2.71 bits per heavy atom. The lowest BCUT2D eigenvalue weighted by molar-refractivity contribution is 0.806. The summed E-state index contributed by atoms with van der Waals surface area (Å²) in [5.74, 6) is 1.37. The first kappa shape index (κ1) is 9.19. The van der Waals surface area contributed by atoms with Crippen LogP contribution in [0.2, 0.25) is 0 Å². The van der Waals surface area contributed by atoms with Crippen LogP contribution in [-0.4, -0.2) is 10.8 Å². The molecule has 0 aliphatic heterocycles. The molecule has 1 atom stereocenters. The maximum Gasteiger partial charge on any atom is 0.0975 e. The smallest absolute Gasteiger partial charge is 0.0975 e. The van der Waals surface area contributed by atoms with Gasteiger partial charge in [-0.3, -0.25) is 9.98 Å². The van der Waals surface area contributed by atoms with Crippen molar-refractivity contribution >= 4 is 5.84 Å². The van der Waals surface area contributed by atoms with E-state index in [4.69, 9.17) is 5.73 Å². The number of nitrogens with two attached hydrogens (primary N) is 1. The third kappa shape index (κ3) is 2.10. The molecule has 0 bridgehead atoms. The molecule has 0 aromatic carbocycles. The topological polar surface area (TPSA) is 51.3 Å². The quantitative estimate of drug-likeness (QED) is 0.583. The minimum Gasteiger partial charge on any atom is -0.387 e. The molecule has 1 aromatic heterocycles. The van der Waals surface area contributed by atoms with Crippen LogP contribution in [0.15, 0.2) is 29.5 Å². The lowest BCUT2D eigenvalue weighted by Crippen LogP contribution is -2.15.